The van der Waals surface area contributed by atoms with Crippen LogP contribution in [0.4, 0.5) is 17.1 Å². The molecular weight excluding hydrogens is 284 g/mol. The molecule has 1 aromatic rings. The molecule has 1 aromatic carbocycles. The van der Waals surface area contributed by atoms with E-state index in [1.165, 1.54) is 4.90 Å². The van der Waals surface area contributed by atoms with E-state index in [1.54, 1.807) is 0 Å². The molecule has 0 atom stereocenters. The van der Waals surface area contributed by atoms with Gasteiger partial charge in [-0.15, -0.1) is 0 Å². The lowest BCUT2D eigenvalue weighted by molar-refractivity contribution is -0.392. The van der Waals surface area contributed by atoms with Crippen molar-refractivity contribution in [3.8, 4) is 0 Å². The van der Waals surface area contributed by atoms with Gasteiger partial charge in [-0.1, -0.05) is 0 Å². The largest absolute Gasteiger partial charge is 0.478 e. The molecule has 1 heterocycles. The molecule has 10 nitrogen and oxygen atoms in total. The fourth-order valence-corrected chi connectivity index (χ4v) is 2.22. The Labute approximate surface area is 118 Å². The number of carboxylic acids is 1. The molecule has 2 rings (SSSR count). The molecule has 1 aliphatic heterocycles. The third-order valence-corrected chi connectivity index (χ3v) is 3.14. The van der Waals surface area contributed by atoms with E-state index in [0.29, 0.717) is 26.2 Å². The lowest BCUT2D eigenvalue weighted by atomic mass is 10.1. The first-order valence-corrected chi connectivity index (χ1v) is 6.07. The first-order chi connectivity index (χ1) is 9.91. The van der Waals surface area contributed by atoms with Gasteiger partial charge in [-0.25, -0.2) is 4.79 Å². The third-order valence-electron chi connectivity index (χ3n) is 3.14. The second-order valence-electron chi connectivity index (χ2n) is 4.42. The van der Waals surface area contributed by atoms with Crippen molar-refractivity contribution in [3.63, 3.8) is 0 Å². The molecule has 1 fully saturated rings. The first-order valence-electron chi connectivity index (χ1n) is 6.07. The van der Waals surface area contributed by atoms with Crippen LogP contribution in [-0.2, 0) is 0 Å². The molecule has 1 saturated heterocycles. The first kappa shape index (κ1) is 14.7. The Hall–Kier alpha value is -2.75. The number of nitrogens with zero attached hydrogens (tertiary/aromatic N) is 3. The molecule has 0 aliphatic carbocycles. The molecule has 10 heteroatoms. The minimum atomic E-state index is -1.45. The summed E-state index contributed by atoms with van der Waals surface area (Å²) in [5, 5.41) is 34.3. The van der Waals surface area contributed by atoms with Crippen LogP contribution in [0.25, 0.3) is 0 Å². The quantitative estimate of drug-likeness (QED) is 0.608. The van der Waals surface area contributed by atoms with Crippen LogP contribution in [-0.4, -0.2) is 47.1 Å². The molecule has 0 spiro atoms. The van der Waals surface area contributed by atoms with Crippen LogP contribution in [0.3, 0.4) is 0 Å². The molecule has 0 bridgehead atoms. The van der Waals surface area contributed by atoms with Gasteiger partial charge in [0.05, 0.1) is 15.4 Å². The van der Waals surface area contributed by atoms with Gasteiger partial charge in [0.2, 0.25) is 0 Å². The summed E-state index contributed by atoms with van der Waals surface area (Å²) in [5.41, 5.74) is -1.75. The van der Waals surface area contributed by atoms with Crippen molar-refractivity contribution in [1.29, 1.82) is 0 Å². The number of nitro benzene ring substituents is 2. The molecule has 21 heavy (non-hydrogen) atoms. The van der Waals surface area contributed by atoms with Gasteiger partial charge >= 0.3 is 17.3 Å². The zero-order valence-electron chi connectivity index (χ0n) is 10.8. The summed E-state index contributed by atoms with van der Waals surface area (Å²) in [6.45, 7) is 1.81. The van der Waals surface area contributed by atoms with Crippen LogP contribution in [0.2, 0.25) is 0 Å². The summed E-state index contributed by atoms with van der Waals surface area (Å²) in [6.07, 6.45) is 0. The van der Waals surface area contributed by atoms with E-state index < -0.39 is 32.8 Å². The number of piperazine rings is 1. The molecule has 0 radical (unpaired) electrons. The van der Waals surface area contributed by atoms with Gasteiger partial charge in [-0.05, 0) is 0 Å². The van der Waals surface area contributed by atoms with E-state index in [4.69, 9.17) is 5.11 Å². The zero-order chi connectivity index (χ0) is 15.6. The van der Waals surface area contributed by atoms with Gasteiger partial charge in [0.25, 0.3) is 0 Å². The van der Waals surface area contributed by atoms with E-state index in [-0.39, 0.29) is 5.69 Å². The van der Waals surface area contributed by atoms with Gasteiger partial charge in [0.15, 0.2) is 5.69 Å². The predicted octanol–water partition coefficient (Wildman–Crippen LogP) is 0.611. The van der Waals surface area contributed by atoms with Crippen LogP contribution >= 0.6 is 0 Å². The highest BCUT2D eigenvalue weighted by Crippen LogP contribution is 2.38. The number of nitro groups is 2. The third kappa shape index (κ3) is 2.89. The summed E-state index contributed by atoms with van der Waals surface area (Å²) in [4.78, 5) is 33.2. The van der Waals surface area contributed by atoms with Crippen LogP contribution in [0.1, 0.15) is 10.4 Å². The number of hydrogen-bond donors (Lipinski definition) is 2. The molecule has 0 aromatic heterocycles. The smallest absolute Gasteiger partial charge is 0.336 e. The fraction of sp³-hybridized carbons (Fsp3) is 0.364. The van der Waals surface area contributed by atoms with Gasteiger partial charge in [0, 0.05) is 38.3 Å². The Morgan fingerprint density at radius 1 is 1.14 bits per heavy atom. The van der Waals surface area contributed by atoms with Crippen molar-refractivity contribution in [3.05, 3.63) is 37.9 Å². The van der Waals surface area contributed by atoms with Crippen molar-refractivity contribution < 1.29 is 19.7 Å². The topological polar surface area (TPSA) is 139 Å². The Balaban J connectivity index is 2.66. The highest BCUT2D eigenvalue weighted by molar-refractivity contribution is 5.92. The second-order valence-corrected chi connectivity index (χ2v) is 4.42. The van der Waals surface area contributed by atoms with E-state index in [0.717, 1.165) is 12.1 Å². The van der Waals surface area contributed by atoms with Gasteiger partial charge < -0.3 is 15.3 Å². The average molecular weight is 296 g/mol. The van der Waals surface area contributed by atoms with Crippen molar-refractivity contribution in [2.24, 2.45) is 0 Å². The number of carbonyl (C=O) groups is 1. The maximum absolute atomic E-state index is 11.2. The lowest BCUT2D eigenvalue weighted by Gasteiger charge is -2.28. The maximum Gasteiger partial charge on any atom is 0.336 e. The molecule has 2 N–H and O–H groups in total. The standard InChI is InChI=1S/C11H12N4O6/c16-11(17)7-5-8(14(18)19)10(9(6-7)15(20)21)13-3-1-12-2-4-13/h5-6,12H,1-4H2,(H,16,17). The van der Waals surface area contributed by atoms with Crippen molar-refractivity contribution >= 4 is 23.0 Å². The molecule has 0 amide bonds. The molecule has 0 saturated carbocycles. The number of hydrogen-bond acceptors (Lipinski definition) is 7. The van der Waals surface area contributed by atoms with Crippen molar-refractivity contribution in [2.75, 3.05) is 31.1 Å². The fourth-order valence-electron chi connectivity index (χ4n) is 2.22. The normalized spacial score (nSPS) is 14.8. The van der Waals surface area contributed by atoms with E-state index in [9.17, 15) is 25.0 Å². The summed E-state index contributed by atoms with van der Waals surface area (Å²) in [6, 6.07) is 1.71. The number of carboxylic acid groups (broad SMARTS) is 1. The highest BCUT2D eigenvalue weighted by Gasteiger charge is 2.32. The Kier molecular flexibility index (Phi) is 3.98. The van der Waals surface area contributed by atoms with E-state index in [1.807, 2.05) is 0 Å². The summed E-state index contributed by atoms with van der Waals surface area (Å²) >= 11 is 0. The Morgan fingerprint density at radius 3 is 2.00 bits per heavy atom. The number of aromatic carboxylic acids is 1. The van der Waals surface area contributed by atoms with E-state index in [2.05, 4.69) is 5.32 Å². The molecule has 1 aliphatic rings. The monoisotopic (exact) mass is 296 g/mol. The minimum Gasteiger partial charge on any atom is -0.478 e. The highest BCUT2D eigenvalue weighted by atomic mass is 16.6. The van der Waals surface area contributed by atoms with Crippen LogP contribution in [0, 0.1) is 20.2 Å². The van der Waals surface area contributed by atoms with Gasteiger partial charge in [0.1, 0.15) is 0 Å². The van der Waals surface area contributed by atoms with Crippen LogP contribution in [0.15, 0.2) is 12.1 Å². The number of benzene rings is 1. The number of nitrogens with one attached hydrogen (secondary N) is 1. The lowest BCUT2D eigenvalue weighted by Crippen LogP contribution is -2.44. The van der Waals surface area contributed by atoms with Crippen LogP contribution < -0.4 is 10.2 Å². The second kappa shape index (κ2) is 5.71. The summed E-state index contributed by atoms with van der Waals surface area (Å²) in [7, 11) is 0. The minimum absolute atomic E-state index is 0.142. The van der Waals surface area contributed by atoms with Crippen LogP contribution in [0.5, 0.6) is 0 Å². The Morgan fingerprint density at radius 2 is 1.62 bits per heavy atom. The number of anilines is 1. The van der Waals surface area contributed by atoms with Gasteiger partial charge in [-0.2, -0.15) is 0 Å². The SMILES string of the molecule is O=C(O)c1cc([N+](=O)[O-])c(N2CCNCC2)c([N+](=O)[O-])c1. The van der Waals surface area contributed by atoms with Crippen molar-refractivity contribution in [2.45, 2.75) is 0 Å². The predicted molar refractivity (Wildman–Crippen MR) is 71.8 cm³/mol. The summed E-state index contributed by atoms with van der Waals surface area (Å²) < 4.78 is 0. The molecular formula is C11H12N4O6. The number of rotatable bonds is 4. The van der Waals surface area contributed by atoms with Gasteiger partial charge in [-0.3, -0.25) is 20.2 Å². The Bertz CT molecular complexity index is 576. The molecule has 112 valence electrons. The molecule has 0 unspecified atom stereocenters. The zero-order valence-corrected chi connectivity index (χ0v) is 10.8. The van der Waals surface area contributed by atoms with Crippen molar-refractivity contribution in [1.82, 2.24) is 5.32 Å². The maximum atomic E-state index is 11.2. The van der Waals surface area contributed by atoms with E-state index >= 15 is 0 Å². The average Bonchev–Trinajstić information content (AvgIpc) is 2.46. The summed E-state index contributed by atoms with van der Waals surface area (Å²) in [5.74, 6) is -1.45.